The van der Waals surface area contributed by atoms with E-state index in [1.54, 1.807) is 7.11 Å². The topological polar surface area (TPSA) is 59.6 Å². The van der Waals surface area contributed by atoms with Crippen molar-refractivity contribution >= 4 is 5.91 Å². The zero-order valence-electron chi connectivity index (χ0n) is 10.7. The van der Waals surface area contributed by atoms with Crippen molar-refractivity contribution < 1.29 is 14.3 Å². The van der Waals surface area contributed by atoms with Crippen molar-refractivity contribution in [1.82, 2.24) is 10.6 Å². The summed E-state index contributed by atoms with van der Waals surface area (Å²) in [7, 11) is 1.64. The van der Waals surface area contributed by atoms with Gasteiger partial charge in [-0.2, -0.15) is 0 Å². The Morgan fingerprint density at radius 2 is 2.24 bits per heavy atom. The number of nitrogens with one attached hydrogen (secondary N) is 2. The number of piperidine rings is 1. The molecule has 1 unspecified atom stereocenters. The van der Waals surface area contributed by atoms with Crippen molar-refractivity contribution in [2.45, 2.75) is 31.7 Å². The standard InChI is InChI=1S/C12H24N2O3/c1-16-8-9-17-7-6-14-12(15)10-11-4-2-3-5-13-11/h11,13H,2-10H2,1H3,(H,14,15). The third-order valence-corrected chi connectivity index (χ3v) is 2.84. The number of carbonyl (C=O) groups excluding carboxylic acids is 1. The molecule has 0 spiro atoms. The summed E-state index contributed by atoms with van der Waals surface area (Å²) in [4.78, 5) is 11.6. The van der Waals surface area contributed by atoms with E-state index in [9.17, 15) is 4.79 Å². The zero-order chi connectivity index (χ0) is 12.3. The van der Waals surface area contributed by atoms with Crippen molar-refractivity contribution in [2.75, 3.05) is 40.0 Å². The summed E-state index contributed by atoms with van der Waals surface area (Å²) in [5.74, 6) is 0.111. The van der Waals surface area contributed by atoms with E-state index in [2.05, 4.69) is 10.6 Å². The molecular formula is C12H24N2O3. The summed E-state index contributed by atoms with van der Waals surface area (Å²) in [6, 6.07) is 0.359. The van der Waals surface area contributed by atoms with E-state index < -0.39 is 0 Å². The van der Waals surface area contributed by atoms with Crippen LogP contribution in [0.15, 0.2) is 0 Å². The summed E-state index contributed by atoms with van der Waals surface area (Å²) < 4.78 is 10.1. The Labute approximate surface area is 103 Å². The van der Waals surface area contributed by atoms with E-state index in [-0.39, 0.29) is 5.91 Å². The average Bonchev–Trinajstić information content (AvgIpc) is 2.35. The summed E-state index contributed by atoms with van der Waals surface area (Å²) in [5.41, 5.74) is 0. The molecule has 5 heteroatoms. The highest BCUT2D eigenvalue weighted by molar-refractivity contribution is 5.76. The van der Waals surface area contributed by atoms with Gasteiger partial charge in [0.2, 0.25) is 5.91 Å². The first kappa shape index (κ1) is 14.4. The smallest absolute Gasteiger partial charge is 0.221 e. The lowest BCUT2D eigenvalue weighted by Gasteiger charge is -2.22. The molecule has 1 saturated heterocycles. The maximum atomic E-state index is 11.6. The average molecular weight is 244 g/mol. The molecule has 0 aromatic heterocycles. The molecule has 1 aliphatic heterocycles. The van der Waals surface area contributed by atoms with Gasteiger partial charge in [-0.15, -0.1) is 0 Å². The van der Waals surface area contributed by atoms with Crippen LogP contribution in [0.5, 0.6) is 0 Å². The van der Waals surface area contributed by atoms with Crippen LogP contribution in [0, 0.1) is 0 Å². The van der Waals surface area contributed by atoms with E-state index in [1.807, 2.05) is 0 Å². The normalized spacial score (nSPS) is 20.2. The highest BCUT2D eigenvalue weighted by Gasteiger charge is 2.15. The number of amides is 1. The first-order valence-electron chi connectivity index (χ1n) is 6.39. The zero-order valence-corrected chi connectivity index (χ0v) is 10.7. The number of hydrogen-bond acceptors (Lipinski definition) is 4. The van der Waals surface area contributed by atoms with Crippen LogP contribution >= 0.6 is 0 Å². The lowest BCUT2D eigenvalue weighted by atomic mass is 10.0. The lowest BCUT2D eigenvalue weighted by Crippen LogP contribution is -2.39. The highest BCUT2D eigenvalue weighted by atomic mass is 16.5. The molecule has 1 atom stereocenters. The van der Waals surface area contributed by atoms with Crippen LogP contribution < -0.4 is 10.6 Å². The van der Waals surface area contributed by atoms with Crippen LogP contribution in [0.25, 0.3) is 0 Å². The van der Waals surface area contributed by atoms with Gasteiger partial charge in [0, 0.05) is 26.1 Å². The van der Waals surface area contributed by atoms with Gasteiger partial charge in [-0.05, 0) is 19.4 Å². The minimum atomic E-state index is 0.111. The van der Waals surface area contributed by atoms with E-state index in [0.717, 1.165) is 13.0 Å². The fraction of sp³-hybridized carbons (Fsp3) is 0.917. The summed E-state index contributed by atoms with van der Waals surface area (Å²) in [5, 5.41) is 6.22. The quantitative estimate of drug-likeness (QED) is 0.603. The van der Waals surface area contributed by atoms with Crippen LogP contribution in [0.4, 0.5) is 0 Å². The maximum absolute atomic E-state index is 11.6. The van der Waals surface area contributed by atoms with Gasteiger partial charge in [0.15, 0.2) is 0 Å². The molecule has 0 aliphatic carbocycles. The van der Waals surface area contributed by atoms with Crippen LogP contribution in [0.1, 0.15) is 25.7 Å². The first-order valence-corrected chi connectivity index (χ1v) is 6.39. The molecule has 2 N–H and O–H groups in total. The van der Waals surface area contributed by atoms with Crippen molar-refractivity contribution in [2.24, 2.45) is 0 Å². The molecule has 0 saturated carbocycles. The van der Waals surface area contributed by atoms with Crippen molar-refractivity contribution in [3.05, 3.63) is 0 Å². The molecule has 0 bridgehead atoms. The molecule has 0 aromatic carbocycles. The minimum Gasteiger partial charge on any atom is -0.382 e. The third kappa shape index (κ3) is 7.31. The van der Waals surface area contributed by atoms with Gasteiger partial charge in [-0.1, -0.05) is 6.42 Å². The van der Waals surface area contributed by atoms with Crippen LogP contribution in [-0.2, 0) is 14.3 Å². The van der Waals surface area contributed by atoms with E-state index >= 15 is 0 Å². The van der Waals surface area contributed by atoms with Gasteiger partial charge < -0.3 is 20.1 Å². The first-order chi connectivity index (χ1) is 8.33. The monoisotopic (exact) mass is 244 g/mol. The molecule has 17 heavy (non-hydrogen) atoms. The Morgan fingerprint density at radius 1 is 1.35 bits per heavy atom. The molecule has 100 valence electrons. The highest BCUT2D eigenvalue weighted by Crippen LogP contribution is 2.09. The number of ether oxygens (including phenoxy) is 2. The van der Waals surface area contributed by atoms with Crippen molar-refractivity contribution in [1.29, 1.82) is 0 Å². The Bertz CT molecular complexity index is 206. The van der Waals surface area contributed by atoms with Crippen molar-refractivity contribution in [3.8, 4) is 0 Å². The molecule has 1 fully saturated rings. The number of methoxy groups -OCH3 is 1. The lowest BCUT2D eigenvalue weighted by molar-refractivity contribution is -0.121. The van der Waals surface area contributed by atoms with Crippen LogP contribution in [0.3, 0.4) is 0 Å². The maximum Gasteiger partial charge on any atom is 0.221 e. The fourth-order valence-corrected chi connectivity index (χ4v) is 1.90. The molecule has 1 amide bonds. The minimum absolute atomic E-state index is 0.111. The molecule has 0 aromatic rings. The fourth-order valence-electron chi connectivity index (χ4n) is 1.90. The second-order valence-corrected chi connectivity index (χ2v) is 4.31. The SMILES string of the molecule is COCCOCCNC(=O)CC1CCCCN1. The number of rotatable bonds is 8. The van der Waals surface area contributed by atoms with Gasteiger partial charge in [0.1, 0.15) is 0 Å². The van der Waals surface area contributed by atoms with Crippen LogP contribution in [0.2, 0.25) is 0 Å². The Kier molecular flexibility index (Phi) is 7.96. The third-order valence-electron chi connectivity index (χ3n) is 2.84. The van der Waals surface area contributed by atoms with Crippen LogP contribution in [-0.4, -0.2) is 52.0 Å². The Hall–Kier alpha value is -0.650. The predicted molar refractivity (Wildman–Crippen MR) is 66.0 cm³/mol. The molecule has 0 radical (unpaired) electrons. The van der Waals surface area contributed by atoms with E-state index in [4.69, 9.17) is 9.47 Å². The summed E-state index contributed by atoms with van der Waals surface area (Å²) in [6.45, 7) is 3.34. The molecule has 1 heterocycles. The second kappa shape index (κ2) is 9.39. The van der Waals surface area contributed by atoms with Gasteiger partial charge in [-0.3, -0.25) is 4.79 Å². The second-order valence-electron chi connectivity index (χ2n) is 4.31. The van der Waals surface area contributed by atoms with Gasteiger partial charge in [0.25, 0.3) is 0 Å². The van der Waals surface area contributed by atoms with Gasteiger partial charge in [-0.25, -0.2) is 0 Å². The van der Waals surface area contributed by atoms with Gasteiger partial charge >= 0.3 is 0 Å². The molecular weight excluding hydrogens is 220 g/mol. The van der Waals surface area contributed by atoms with E-state index in [1.165, 1.54) is 12.8 Å². The summed E-state index contributed by atoms with van der Waals surface area (Å²) in [6.07, 6.45) is 4.15. The largest absolute Gasteiger partial charge is 0.382 e. The number of hydrogen-bond donors (Lipinski definition) is 2. The van der Waals surface area contributed by atoms with Crippen molar-refractivity contribution in [3.63, 3.8) is 0 Å². The van der Waals surface area contributed by atoms with E-state index in [0.29, 0.717) is 38.8 Å². The summed E-state index contributed by atoms with van der Waals surface area (Å²) >= 11 is 0. The Balaban J connectivity index is 1.93. The molecule has 1 aliphatic rings. The Morgan fingerprint density at radius 3 is 2.94 bits per heavy atom. The number of carbonyl (C=O) groups is 1. The molecule has 5 nitrogen and oxygen atoms in total. The predicted octanol–water partition coefficient (Wildman–Crippen LogP) is 0.298. The van der Waals surface area contributed by atoms with Gasteiger partial charge in [0.05, 0.1) is 19.8 Å². The molecule has 1 rings (SSSR count).